The molecule has 3 aliphatic heterocycles. The van der Waals surface area contributed by atoms with E-state index in [1.54, 1.807) is 0 Å². The average Bonchev–Trinajstić information content (AvgIpc) is 3.03. The van der Waals surface area contributed by atoms with Gasteiger partial charge in [-0.25, -0.2) is 13.4 Å². The summed E-state index contributed by atoms with van der Waals surface area (Å²) in [7, 11) is -4.13. The number of fused-ring (bicyclic) bond motifs is 4. The Morgan fingerprint density at radius 3 is 2.35 bits per heavy atom. The molecule has 168 valence electrons. The number of rotatable bonds is 5. The zero-order valence-electron chi connectivity index (χ0n) is 16.8. The first-order valence-corrected chi connectivity index (χ1v) is 12.4. The molecule has 0 unspecified atom stereocenters. The molecular formula is C20H24Cl2N4O4S. The van der Waals surface area contributed by atoms with Crippen molar-refractivity contribution >= 4 is 45.0 Å². The zero-order valence-corrected chi connectivity index (χ0v) is 19.1. The van der Waals surface area contributed by atoms with E-state index in [2.05, 4.69) is 10.7 Å². The molecule has 3 fully saturated rings. The van der Waals surface area contributed by atoms with Crippen LogP contribution in [-0.4, -0.2) is 48.7 Å². The van der Waals surface area contributed by atoms with Gasteiger partial charge in [0.2, 0.25) is 11.8 Å². The Morgan fingerprint density at radius 2 is 1.74 bits per heavy atom. The number of carbonyl (C=O) groups is 2. The maximum atomic E-state index is 13.2. The minimum atomic E-state index is -4.13. The molecular weight excluding hydrogens is 463 g/mol. The first kappa shape index (κ1) is 22.4. The first-order valence-electron chi connectivity index (χ1n) is 10.2. The third kappa shape index (κ3) is 4.84. The molecule has 2 N–H and O–H groups in total. The van der Waals surface area contributed by atoms with Gasteiger partial charge in [0.25, 0.3) is 10.0 Å². The summed E-state index contributed by atoms with van der Waals surface area (Å²) in [5.74, 6) is 0.154. The van der Waals surface area contributed by atoms with E-state index in [0.717, 1.165) is 17.4 Å². The molecule has 1 aromatic rings. The van der Waals surface area contributed by atoms with Crippen molar-refractivity contribution in [1.82, 2.24) is 20.1 Å². The summed E-state index contributed by atoms with van der Waals surface area (Å²) in [6, 6.07) is 2.70. The van der Waals surface area contributed by atoms with Crippen LogP contribution >= 0.6 is 23.2 Å². The number of amides is 2. The lowest BCUT2D eigenvalue weighted by Crippen LogP contribution is -2.53. The number of hydrogen-bond acceptors (Lipinski definition) is 5. The van der Waals surface area contributed by atoms with Crippen molar-refractivity contribution in [3.8, 4) is 0 Å². The molecule has 31 heavy (non-hydrogen) atoms. The van der Waals surface area contributed by atoms with Gasteiger partial charge in [0.05, 0.1) is 21.4 Å². The van der Waals surface area contributed by atoms with E-state index >= 15 is 0 Å². The van der Waals surface area contributed by atoms with Gasteiger partial charge in [0, 0.05) is 25.5 Å². The summed E-state index contributed by atoms with van der Waals surface area (Å²) in [5, 5.41) is 4.70. The second kappa shape index (κ2) is 8.97. The molecule has 2 bridgehead atoms. The van der Waals surface area contributed by atoms with Gasteiger partial charge < -0.3 is 5.32 Å². The van der Waals surface area contributed by atoms with E-state index in [-0.39, 0.29) is 21.4 Å². The van der Waals surface area contributed by atoms with Crippen LogP contribution in [-0.2, 0) is 19.6 Å². The molecule has 0 radical (unpaired) electrons. The molecule has 8 nitrogen and oxygen atoms in total. The fraction of sp³-hybridized carbons (Fsp3) is 0.500. The highest BCUT2D eigenvalue weighted by Gasteiger charge is 2.38. The normalized spacial score (nSPS) is 26.5. The second-order valence-electron chi connectivity index (χ2n) is 8.28. The van der Waals surface area contributed by atoms with Gasteiger partial charge in [-0.1, -0.05) is 23.2 Å². The third-order valence-electron chi connectivity index (χ3n) is 6.11. The Morgan fingerprint density at radius 1 is 1.10 bits per heavy atom. The van der Waals surface area contributed by atoms with Crippen molar-refractivity contribution in [3.63, 3.8) is 0 Å². The van der Waals surface area contributed by atoms with Crippen molar-refractivity contribution < 1.29 is 18.0 Å². The van der Waals surface area contributed by atoms with E-state index < -0.39 is 27.9 Å². The fourth-order valence-electron chi connectivity index (χ4n) is 4.48. The summed E-state index contributed by atoms with van der Waals surface area (Å²) in [4.78, 5) is 25.1. The van der Waals surface area contributed by atoms with Crippen LogP contribution in [0.25, 0.3) is 0 Å². The second-order valence-corrected chi connectivity index (χ2v) is 10.9. The number of carbonyl (C=O) groups excluding carboxylic acids is 2. The van der Waals surface area contributed by atoms with Crippen molar-refractivity contribution in [3.05, 3.63) is 40.6 Å². The van der Waals surface area contributed by atoms with Crippen molar-refractivity contribution in [1.29, 1.82) is 0 Å². The minimum Gasteiger partial charge on any atom is -0.329 e. The first-order chi connectivity index (χ1) is 14.7. The molecule has 3 heterocycles. The molecule has 1 aliphatic carbocycles. The number of nitrogens with one attached hydrogen (secondary N) is 2. The molecule has 1 atom stereocenters. The highest BCUT2D eigenvalue weighted by molar-refractivity contribution is 7.89. The Labute approximate surface area is 191 Å². The quantitative estimate of drug-likeness (QED) is 0.665. The van der Waals surface area contributed by atoms with Crippen molar-refractivity contribution in [2.75, 3.05) is 13.1 Å². The summed E-state index contributed by atoms with van der Waals surface area (Å²) in [5.41, 5.74) is 2.89. The van der Waals surface area contributed by atoms with Crippen LogP contribution in [0.3, 0.4) is 0 Å². The highest BCUT2D eigenvalue weighted by Crippen LogP contribution is 2.33. The van der Waals surface area contributed by atoms with E-state index in [1.165, 1.54) is 56.3 Å². The number of nitrogens with zero attached hydrogens (tertiary/aromatic N) is 2. The van der Waals surface area contributed by atoms with E-state index in [4.69, 9.17) is 23.2 Å². The number of hydrogen-bond donors (Lipinski definition) is 2. The van der Waals surface area contributed by atoms with E-state index in [1.807, 2.05) is 5.01 Å². The van der Waals surface area contributed by atoms with Crippen LogP contribution < -0.4 is 10.7 Å². The predicted octanol–water partition coefficient (Wildman–Crippen LogP) is 2.50. The van der Waals surface area contributed by atoms with Gasteiger partial charge in [0.15, 0.2) is 0 Å². The molecule has 11 heteroatoms. The number of benzene rings is 1. The summed E-state index contributed by atoms with van der Waals surface area (Å²) < 4.78 is 27.2. The SMILES string of the molecule is O=C(C[C@@H]1C(=O)NC=CN1S(=O)(=O)c1ccc(Cl)c(Cl)c1)NN1CC2CCC(CC2)C1. The van der Waals surface area contributed by atoms with Gasteiger partial charge in [-0.05, 0) is 55.7 Å². The monoisotopic (exact) mass is 486 g/mol. The summed E-state index contributed by atoms with van der Waals surface area (Å²) in [6.07, 6.45) is 6.85. The predicted molar refractivity (Wildman–Crippen MR) is 116 cm³/mol. The number of halogens is 2. The Hall–Kier alpha value is -1.81. The van der Waals surface area contributed by atoms with Gasteiger partial charge in [-0.3, -0.25) is 19.3 Å². The molecule has 4 aliphatic rings. The smallest absolute Gasteiger partial charge is 0.264 e. The molecule has 1 saturated carbocycles. The van der Waals surface area contributed by atoms with Crippen LogP contribution in [0.1, 0.15) is 32.1 Å². The average molecular weight is 487 g/mol. The summed E-state index contributed by atoms with van der Waals surface area (Å²) >= 11 is 11.9. The molecule has 2 saturated heterocycles. The zero-order chi connectivity index (χ0) is 22.2. The van der Waals surface area contributed by atoms with Gasteiger partial charge >= 0.3 is 0 Å². The van der Waals surface area contributed by atoms with Crippen LogP contribution in [0.4, 0.5) is 0 Å². The molecule has 2 amide bonds. The van der Waals surface area contributed by atoms with Crippen LogP contribution in [0.15, 0.2) is 35.5 Å². The maximum absolute atomic E-state index is 13.2. The fourth-order valence-corrected chi connectivity index (χ4v) is 6.32. The maximum Gasteiger partial charge on any atom is 0.264 e. The van der Waals surface area contributed by atoms with Crippen LogP contribution in [0.2, 0.25) is 10.0 Å². The molecule has 1 aromatic carbocycles. The van der Waals surface area contributed by atoms with Crippen LogP contribution in [0.5, 0.6) is 0 Å². The Bertz CT molecular complexity index is 994. The van der Waals surface area contributed by atoms with Gasteiger partial charge in [0.1, 0.15) is 6.04 Å². The van der Waals surface area contributed by atoms with Gasteiger partial charge in [-0.15, -0.1) is 0 Å². The van der Waals surface area contributed by atoms with Gasteiger partial charge in [-0.2, -0.15) is 0 Å². The topological polar surface area (TPSA) is 98.8 Å². The Kier molecular flexibility index (Phi) is 6.48. The number of sulfonamides is 1. The third-order valence-corrected chi connectivity index (χ3v) is 8.63. The Balaban J connectivity index is 1.50. The lowest BCUT2D eigenvalue weighted by molar-refractivity contribution is -0.132. The lowest BCUT2D eigenvalue weighted by atomic mass is 9.84. The van der Waals surface area contributed by atoms with Crippen LogP contribution in [0, 0.1) is 11.8 Å². The lowest BCUT2D eigenvalue weighted by Gasteiger charge is -2.32. The minimum absolute atomic E-state index is 0.0817. The largest absolute Gasteiger partial charge is 0.329 e. The molecule has 0 spiro atoms. The van der Waals surface area contributed by atoms with Crippen molar-refractivity contribution in [2.24, 2.45) is 11.8 Å². The van der Waals surface area contributed by atoms with E-state index in [0.29, 0.717) is 11.8 Å². The molecule has 0 aromatic heterocycles. The number of hydrazine groups is 1. The highest BCUT2D eigenvalue weighted by atomic mass is 35.5. The summed E-state index contributed by atoms with van der Waals surface area (Å²) in [6.45, 7) is 1.56. The molecule has 5 rings (SSSR count). The standard InChI is InChI=1S/C20H24Cl2N4O4S/c21-16-6-5-15(9-17(16)22)31(29,30)26-8-7-23-20(28)18(26)10-19(27)24-25-11-13-1-2-14(12-25)4-3-13/h5-9,13-14,18H,1-4,10-12H2,(H,23,28)(H,24,27)/t13?,14?,18-/m1/s1. The van der Waals surface area contributed by atoms with Crippen molar-refractivity contribution in [2.45, 2.75) is 43.0 Å². The van der Waals surface area contributed by atoms with E-state index in [9.17, 15) is 18.0 Å².